The van der Waals surface area contributed by atoms with Crippen molar-refractivity contribution in [3.63, 3.8) is 0 Å². The molecule has 7 nitrogen and oxygen atoms in total. The minimum atomic E-state index is -3.80. The molecule has 1 heterocycles. The number of aliphatic hydroxyl groups is 2. The number of amides is 1. The maximum Gasteiger partial charge on any atom is 0.243 e. The number of hydrogen-bond acceptors (Lipinski definition) is 5. The zero-order valence-electron chi connectivity index (χ0n) is 15.6. The van der Waals surface area contributed by atoms with Crippen LogP contribution in [0.1, 0.15) is 26.2 Å². The van der Waals surface area contributed by atoms with E-state index < -0.39 is 39.8 Å². The van der Waals surface area contributed by atoms with Crippen molar-refractivity contribution in [1.29, 1.82) is 0 Å². The predicted molar refractivity (Wildman–Crippen MR) is 100 cm³/mol. The highest BCUT2D eigenvalue weighted by molar-refractivity contribution is 7.92. The van der Waals surface area contributed by atoms with E-state index >= 15 is 0 Å². The fraction of sp³-hybridized carbons (Fsp3) is 0.611. The van der Waals surface area contributed by atoms with Gasteiger partial charge in [0.25, 0.3) is 0 Å². The number of nitrogens with zero attached hydrogens (tertiary/aromatic N) is 2. The zero-order valence-corrected chi connectivity index (χ0v) is 16.5. The van der Waals surface area contributed by atoms with Crippen LogP contribution in [0.5, 0.6) is 0 Å². The first kappa shape index (κ1) is 21.6. The van der Waals surface area contributed by atoms with Gasteiger partial charge in [0.05, 0.1) is 24.7 Å². The molecule has 1 aromatic rings. The van der Waals surface area contributed by atoms with Crippen LogP contribution in [0.15, 0.2) is 24.3 Å². The second kappa shape index (κ2) is 8.53. The summed E-state index contributed by atoms with van der Waals surface area (Å²) in [6.45, 7) is 1.63. The van der Waals surface area contributed by atoms with Gasteiger partial charge in [-0.15, -0.1) is 0 Å². The molecule has 0 unspecified atom stereocenters. The van der Waals surface area contributed by atoms with Gasteiger partial charge in [-0.25, -0.2) is 12.8 Å². The molecule has 0 aromatic heterocycles. The number of likely N-dealkylation sites (tertiary alicyclic amines) is 1. The number of rotatable bonds is 7. The lowest BCUT2D eigenvalue weighted by molar-refractivity contribution is -0.140. The lowest BCUT2D eigenvalue weighted by atomic mass is 9.74. The first-order valence-corrected chi connectivity index (χ1v) is 10.8. The lowest BCUT2D eigenvalue weighted by Gasteiger charge is -2.45. The van der Waals surface area contributed by atoms with Crippen molar-refractivity contribution >= 4 is 21.6 Å². The van der Waals surface area contributed by atoms with E-state index in [1.165, 1.54) is 23.1 Å². The summed E-state index contributed by atoms with van der Waals surface area (Å²) in [5.74, 6) is -1.05. The Balaban J connectivity index is 2.22. The summed E-state index contributed by atoms with van der Waals surface area (Å²) in [7, 11) is -3.80. The number of halogens is 1. The van der Waals surface area contributed by atoms with E-state index in [0.29, 0.717) is 12.8 Å². The average Bonchev–Trinajstić information content (AvgIpc) is 2.60. The second-order valence-corrected chi connectivity index (χ2v) is 9.05. The Morgan fingerprint density at radius 3 is 2.70 bits per heavy atom. The Hall–Kier alpha value is -1.71. The fourth-order valence-electron chi connectivity index (χ4n) is 3.59. The van der Waals surface area contributed by atoms with Gasteiger partial charge < -0.3 is 15.1 Å². The number of sulfonamides is 1. The number of anilines is 1. The van der Waals surface area contributed by atoms with Gasteiger partial charge in [0.1, 0.15) is 12.4 Å². The number of carbonyl (C=O) groups is 1. The van der Waals surface area contributed by atoms with E-state index in [4.69, 9.17) is 0 Å². The Morgan fingerprint density at radius 1 is 1.44 bits per heavy atom. The van der Waals surface area contributed by atoms with Crippen molar-refractivity contribution in [3.05, 3.63) is 30.1 Å². The smallest absolute Gasteiger partial charge is 0.243 e. The highest BCUT2D eigenvalue weighted by Crippen LogP contribution is 2.35. The van der Waals surface area contributed by atoms with E-state index in [1.807, 2.05) is 6.92 Å². The van der Waals surface area contributed by atoms with Crippen molar-refractivity contribution in [2.24, 2.45) is 5.41 Å². The highest BCUT2D eigenvalue weighted by Gasteiger charge is 2.43. The number of hydrogen-bond donors (Lipinski definition) is 2. The molecular formula is C18H27FN2O5S. The molecule has 1 aromatic carbocycles. The Labute approximate surface area is 159 Å². The van der Waals surface area contributed by atoms with Crippen LogP contribution in [0.25, 0.3) is 0 Å². The number of piperidine rings is 1. The summed E-state index contributed by atoms with van der Waals surface area (Å²) in [6, 6.07) is 5.05. The summed E-state index contributed by atoms with van der Waals surface area (Å²) < 4.78 is 38.7. The topological polar surface area (TPSA) is 98.2 Å². The summed E-state index contributed by atoms with van der Waals surface area (Å²) in [4.78, 5) is 14.3. The molecule has 0 aliphatic carbocycles. The van der Waals surface area contributed by atoms with Crippen molar-refractivity contribution < 1.29 is 27.8 Å². The molecule has 0 bridgehead atoms. The molecule has 1 aliphatic heterocycles. The van der Waals surface area contributed by atoms with Crippen LogP contribution < -0.4 is 4.31 Å². The zero-order chi connectivity index (χ0) is 20.2. The van der Waals surface area contributed by atoms with Crippen LogP contribution in [0, 0.1) is 11.2 Å². The Bertz CT molecular complexity index is 773. The van der Waals surface area contributed by atoms with E-state index in [0.717, 1.165) is 23.0 Å². The maximum absolute atomic E-state index is 13.5. The van der Waals surface area contributed by atoms with E-state index in [9.17, 15) is 27.8 Å². The van der Waals surface area contributed by atoms with Gasteiger partial charge in [-0.3, -0.25) is 9.10 Å². The molecule has 1 amide bonds. The Kier molecular flexibility index (Phi) is 6.82. The van der Waals surface area contributed by atoms with E-state index in [2.05, 4.69) is 0 Å². The van der Waals surface area contributed by atoms with Gasteiger partial charge >= 0.3 is 0 Å². The van der Waals surface area contributed by atoms with Crippen molar-refractivity contribution in [2.45, 2.75) is 32.3 Å². The van der Waals surface area contributed by atoms with E-state index in [1.54, 1.807) is 0 Å². The van der Waals surface area contributed by atoms with Crippen molar-refractivity contribution in [3.8, 4) is 0 Å². The molecule has 1 fully saturated rings. The molecule has 2 rings (SSSR count). The molecule has 1 aliphatic rings. The Morgan fingerprint density at radius 2 is 2.15 bits per heavy atom. The average molecular weight is 402 g/mol. The summed E-state index contributed by atoms with van der Waals surface area (Å²) in [6.07, 6.45) is 1.83. The first-order chi connectivity index (χ1) is 12.6. The molecule has 0 saturated carbocycles. The highest BCUT2D eigenvalue weighted by atomic mass is 32.2. The maximum atomic E-state index is 13.5. The summed E-state index contributed by atoms with van der Waals surface area (Å²) in [5.41, 5.74) is -0.734. The van der Waals surface area contributed by atoms with Crippen LogP contribution in [0.3, 0.4) is 0 Å². The van der Waals surface area contributed by atoms with Gasteiger partial charge in [-0.05, 0) is 31.0 Å². The first-order valence-electron chi connectivity index (χ1n) is 8.93. The van der Waals surface area contributed by atoms with Crippen LogP contribution >= 0.6 is 0 Å². The van der Waals surface area contributed by atoms with Gasteiger partial charge in [-0.1, -0.05) is 19.4 Å². The van der Waals surface area contributed by atoms with Crippen LogP contribution in [-0.2, 0) is 14.8 Å². The third-order valence-corrected chi connectivity index (χ3v) is 6.22. The minimum Gasteiger partial charge on any atom is -0.396 e. The largest absolute Gasteiger partial charge is 0.396 e. The standard InChI is InChI=1S/C18H27FN2O5S/c1-3-8-18(13-22)12-20(9-7-16(18)23)17(24)11-21(27(2,25)26)15-6-4-5-14(19)10-15/h4-6,10,16,22-23H,3,7-9,11-13H2,1-2H3/t16-,18+/m0/s1. The fourth-order valence-corrected chi connectivity index (χ4v) is 4.44. The van der Waals surface area contributed by atoms with Gasteiger partial charge in [0.2, 0.25) is 15.9 Å². The molecule has 0 spiro atoms. The predicted octanol–water partition coefficient (Wildman–Crippen LogP) is 0.964. The van der Waals surface area contributed by atoms with E-state index in [-0.39, 0.29) is 25.4 Å². The van der Waals surface area contributed by atoms with Crippen LogP contribution in [-0.4, -0.2) is 68.0 Å². The summed E-state index contributed by atoms with van der Waals surface area (Å²) >= 11 is 0. The quantitative estimate of drug-likeness (QED) is 0.708. The lowest BCUT2D eigenvalue weighted by Crippen LogP contribution is -2.56. The van der Waals surface area contributed by atoms with Gasteiger partial charge in [0, 0.05) is 18.5 Å². The monoisotopic (exact) mass is 402 g/mol. The normalized spacial score (nSPS) is 23.3. The number of aliphatic hydroxyl groups excluding tert-OH is 2. The number of benzene rings is 1. The summed E-state index contributed by atoms with van der Waals surface area (Å²) in [5, 5.41) is 20.1. The molecule has 27 heavy (non-hydrogen) atoms. The van der Waals surface area contributed by atoms with Gasteiger partial charge in [0.15, 0.2) is 0 Å². The van der Waals surface area contributed by atoms with Crippen LogP contribution in [0.2, 0.25) is 0 Å². The van der Waals surface area contributed by atoms with Crippen LogP contribution in [0.4, 0.5) is 10.1 Å². The third-order valence-electron chi connectivity index (χ3n) is 5.08. The molecular weight excluding hydrogens is 375 g/mol. The minimum absolute atomic E-state index is 0.0740. The van der Waals surface area contributed by atoms with Gasteiger partial charge in [-0.2, -0.15) is 0 Å². The SMILES string of the molecule is CCC[C@]1(CO)CN(C(=O)CN(c2cccc(F)c2)S(C)(=O)=O)CC[C@@H]1O. The molecule has 0 radical (unpaired) electrons. The molecule has 152 valence electrons. The third kappa shape index (κ3) is 4.97. The number of carbonyl (C=O) groups excluding carboxylic acids is 1. The van der Waals surface area contributed by atoms with Crippen molar-refractivity contribution in [1.82, 2.24) is 4.90 Å². The molecule has 2 N–H and O–H groups in total. The molecule has 2 atom stereocenters. The van der Waals surface area contributed by atoms with Crippen molar-refractivity contribution in [2.75, 3.05) is 36.8 Å². The molecule has 9 heteroatoms. The second-order valence-electron chi connectivity index (χ2n) is 7.14. The molecule has 1 saturated heterocycles.